The summed E-state index contributed by atoms with van der Waals surface area (Å²) in [4.78, 5) is 4.26. The molecule has 0 amide bonds. The lowest BCUT2D eigenvalue weighted by Crippen LogP contribution is -2.31. The number of rotatable bonds is 5. The maximum absolute atomic E-state index is 10.4. The van der Waals surface area contributed by atoms with Gasteiger partial charge in [-0.2, -0.15) is 5.10 Å². The van der Waals surface area contributed by atoms with Crippen LogP contribution in [-0.2, 0) is 19.4 Å². The van der Waals surface area contributed by atoms with Crippen molar-refractivity contribution in [2.24, 2.45) is 0 Å². The van der Waals surface area contributed by atoms with Gasteiger partial charge in [-0.3, -0.25) is 4.68 Å². The molecule has 1 N–H and O–H groups in total. The summed E-state index contributed by atoms with van der Waals surface area (Å²) in [6.07, 6.45) is 3.79. The molecule has 0 saturated carbocycles. The zero-order valence-corrected chi connectivity index (χ0v) is 11.2. The number of aryl methyl sites for hydroxylation is 1. The predicted molar refractivity (Wildman–Crippen MR) is 72.9 cm³/mol. The Bertz CT molecular complexity index is 564. The van der Waals surface area contributed by atoms with Crippen LogP contribution in [0.5, 0.6) is 0 Å². The second kappa shape index (κ2) is 5.13. The van der Waals surface area contributed by atoms with Crippen LogP contribution < -0.4 is 0 Å². The normalized spacial score (nSPS) is 18.7. The third-order valence-electron chi connectivity index (χ3n) is 3.88. The van der Waals surface area contributed by atoms with E-state index >= 15 is 0 Å². The largest absolute Gasteiger partial charge is 0.392 e. The topological polar surface area (TPSA) is 50.9 Å². The number of hydrogen-bond acceptors (Lipinski definition) is 3. The molecule has 4 heteroatoms. The molecule has 0 bridgehead atoms. The van der Waals surface area contributed by atoms with Gasteiger partial charge < -0.3 is 5.11 Å². The summed E-state index contributed by atoms with van der Waals surface area (Å²) in [6.45, 7) is 2.98. The number of benzene rings is 1. The van der Waals surface area contributed by atoms with Gasteiger partial charge in [-0.25, -0.2) is 4.98 Å². The van der Waals surface area contributed by atoms with Gasteiger partial charge in [0, 0.05) is 18.9 Å². The summed E-state index contributed by atoms with van der Waals surface area (Å²) in [5, 5.41) is 14.6. The molecule has 0 radical (unpaired) electrons. The minimum absolute atomic E-state index is 0.253. The molecule has 2 unspecified atom stereocenters. The number of aliphatic hydroxyl groups excluding tert-OH is 1. The van der Waals surface area contributed by atoms with Crippen molar-refractivity contribution in [3.8, 4) is 0 Å². The Balaban J connectivity index is 1.70. The number of nitrogens with zero attached hydrogens (tertiary/aromatic N) is 3. The first-order valence-electron chi connectivity index (χ1n) is 6.92. The molecule has 1 aromatic carbocycles. The summed E-state index contributed by atoms with van der Waals surface area (Å²) in [5.41, 5.74) is 2.65. The molecule has 2 atom stereocenters. The quantitative estimate of drug-likeness (QED) is 0.890. The highest BCUT2D eigenvalue weighted by atomic mass is 16.3. The van der Waals surface area contributed by atoms with E-state index < -0.39 is 0 Å². The van der Waals surface area contributed by atoms with Gasteiger partial charge in [0.15, 0.2) is 0 Å². The second-order valence-corrected chi connectivity index (χ2v) is 5.18. The summed E-state index contributed by atoms with van der Waals surface area (Å²) in [7, 11) is 0. The van der Waals surface area contributed by atoms with Gasteiger partial charge in [0.25, 0.3) is 0 Å². The standard InChI is InChI=1S/C15H19N3O/c1-2-7-18-15(16-10-17-18)9-14(19)13-8-11-5-3-4-6-12(11)13/h3-6,10,13-14,19H,2,7-9H2,1H3. The van der Waals surface area contributed by atoms with Crippen LogP contribution in [0.1, 0.15) is 36.2 Å². The van der Waals surface area contributed by atoms with Crippen LogP contribution in [0.2, 0.25) is 0 Å². The molecule has 3 rings (SSSR count). The Hall–Kier alpha value is -1.68. The monoisotopic (exact) mass is 257 g/mol. The molecule has 2 aromatic rings. The molecule has 1 aliphatic carbocycles. The predicted octanol–water partition coefficient (Wildman–Crippen LogP) is 1.93. The van der Waals surface area contributed by atoms with E-state index in [0.29, 0.717) is 6.42 Å². The fraction of sp³-hybridized carbons (Fsp3) is 0.467. The van der Waals surface area contributed by atoms with Crippen LogP contribution in [0, 0.1) is 0 Å². The van der Waals surface area contributed by atoms with E-state index in [9.17, 15) is 5.11 Å². The second-order valence-electron chi connectivity index (χ2n) is 5.18. The van der Waals surface area contributed by atoms with Gasteiger partial charge in [0.1, 0.15) is 12.2 Å². The lowest BCUT2D eigenvalue weighted by atomic mass is 9.74. The van der Waals surface area contributed by atoms with Gasteiger partial charge in [-0.05, 0) is 24.0 Å². The molecule has 0 saturated heterocycles. The van der Waals surface area contributed by atoms with Crippen molar-refractivity contribution in [1.29, 1.82) is 0 Å². The van der Waals surface area contributed by atoms with Gasteiger partial charge in [-0.15, -0.1) is 0 Å². The first-order chi connectivity index (χ1) is 9.29. The number of hydrogen-bond donors (Lipinski definition) is 1. The Morgan fingerprint density at radius 1 is 1.42 bits per heavy atom. The van der Waals surface area contributed by atoms with Gasteiger partial charge >= 0.3 is 0 Å². The van der Waals surface area contributed by atoms with E-state index in [1.165, 1.54) is 11.1 Å². The Labute approximate surface area is 113 Å². The molecule has 1 aliphatic rings. The van der Waals surface area contributed by atoms with Crippen LogP contribution in [0.3, 0.4) is 0 Å². The average Bonchev–Trinajstić information content (AvgIpc) is 2.79. The van der Waals surface area contributed by atoms with Crippen LogP contribution in [0.15, 0.2) is 30.6 Å². The van der Waals surface area contributed by atoms with Gasteiger partial charge in [0.05, 0.1) is 6.10 Å². The van der Waals surface area contributed by atoms with E-state index in [1.807, 2.05) is 10.7 Å². The van der Waals surface area contributed by atoms with E-state index in [1.54, 1.807) is 6.33 Å². The Morgan fingerprint density at radius 3 is 3.05 bits per heavy atom. The van der Waals surface area contributed by atoms with Crippen molar-refractivity contribution >= 4 is 0 Å². The fourth-order valence-corrected chi connectivity index (χ4v) is 2.81. The SMILES string of the molecule is CCCn1ncnc1CC(O)C1Cc2ccccc21. The third kappa shape index (κ3) is 2.28. The number of aliphatic hydroxyl groups is 1. The van der Waals surface area contributed by atoms with Crippen molar-refractivity contribution < 1.29 is 5.11 Å². The minimum Gasteiger partial charge on any atom is -0.392 e. The number of fused-ring (bicyclic) bond motifs is 1. The van der Waals surface area contributed by atoms with Gasteiger partial charge in [-0.1, -0.05) is 31.2 Å². The molecular weight excluding hydrogens is 238 g/mol. The first kappa shape index (κ1) is 12.4. The highest BCUT2D eigenvalue weighted by Crippen LogP contribution is 2.38. The zero-order chi connectivity index (χ0) is 13.2. The van der Waals surface area contributed by atoms with E-state index in [-0.39, 0.29) is 12.0 Å². The van der Waals surface area contributed by atoms with Crippen LogP contribution in [-0.4, -0.2) is 26.0 Å². The summed E-state index contributed by atoms with van der Waals surface area (Å²) in [6, 6.07) is 8.35. The molecule has 100 valence electrons. The summed E-state index contributed by atoms with van der Waals surface area (Å²) < 4.78 is 1.90. The highest BCUT2D eigenvalue weighted by Gasteiger charge is 2.32. The molecular formula is C15H19N3O. The smallest absolute Gasteiger partial charge is 0.138 e. The van der Waals surface area contributed by atoms with E-state index in [2.05, 4.69) is 35.2 Å². The Kier molecular flexibility index (Phi) is 3.34. The maximum Gasteiger partial charge on any atom is 0.138 e. The average molecular weight is 257 g/mol. The van der Waals surface area contributed by atoms with Crippen molar-refractivity contribution in [2.75, 3.05) is 0 Å². The van der Waals surface area contributed by atoms with Crippen LogP contribution in [0.25, 0.3) is 0 Å². The summed E-state index contributed by atoms with van der Waals surface area (Å²) in [5.74, 6) is 1.14. The molecule has 4 nitrogen and oxygen atoms in total. The third-order valence-corrected chi connectivity index (χ3v) is 3.88. The summed E-state index contributed by atoms with van der Waals surface area (Å²) >= 11 is 0. The molecule has 0 spiro atoms. The van der Waals surface area contributed by atoms with Gasteiger partial charge in [0.2, 0.25) is 0 Å². The lowest BCUT2D eigenvalue weighted by Gasteiger charge is -2.33. The van der Waals surface area contributed by atoms with Crippen molar-refractivity contribution in [3.63, 3.8) is 0 Å². The van der Waals surface area contributed by atoms with Crippen molar-refractivity contribution in [2.45, 2.75) is 44.8 Å². The molecule has 0 fully saturated rings. The van der Waals surface area contributed by atoms with Crippen molar-refractivity contribution in [1.82, 2.24) is 14.8 Å². The van der Waals surface area contributed by atoms with E-state index in [4.69, 9.17) is 0 Å². The number of aromatic nitrogens is 3. The molecule has 1 heterocycles. The van der Waals surface area contributed by atoms with Crippen LogP contribution in [0.4, 0.5) is 0 Å². The van der Waals surface area contributed by atoms with Crippen LogP contribution >= 0.6 is 0 Å². The maximum atomic E-state index is 10.4. The molecule has 0 aliphatic heterocycles. The van der Waals surface area contributed by atoms with E-state index in [0.717, 1.165) is 25.2 Å². The molecule has 19 heavy (non-hydrogen) atoms. The Morgan fingerprint density at radius 2 is 2.26 bits per heavy atom. The minimum atomic E-state index is -0.366. The van der Waals surface area contributed by atoms with Crippen molar-refractivity contribution in [3.05, 3.63) is 47.5 Å². The molecule has 1 aromatic heterocycles. The lowest BCUT2D eigenvalue weighted by molar-refractivity contribution is 0.129. The fourth-order valence-electron chi connectivity index (χ4n) is 2.81. The highest BCUT2D eigenvalue weighted by molar-refractivity contribution is 5.40. The first-order valence-corrected chi connectivity index (χ1v) is 6.92. The zero-order valence-electron chi connectivity index (χ0n) is 11.2.